The van der Waals surface area contributed by atoms with E-state index in [9.17, 15) is 9.59 Å². The van der Waals surface area contributed by atoms with Gasteiger partial charge in [-0.25, -0.2) is 0 Å². The molecule has 3 heterocycles. The van der Waals surface area contributed by atoms with Gasteiger partial charge in [0.2, 0.25) is 0 Å². The van der Waals surface area contributed by atoms with Crippen molar-refractivity contribution in [3.63, 3.8) is 0 Å². The van der Waals surface area contributed by atoms with E-state index in [-0.39, 0.29) is 35.8 Å². The van der Waals surface area contributed by atoms with E-state index in [1.807, 2.05) is 6.07 Å². The molecule has 1 aromatic carbocycles. The molecule has 2 aliphatic heterocycles. The van der Waals surface area contributed by atoms with Crippen LogP contribution >= 0.6 is 24.0 Å². The Morgan fingerprint density at radius 2 is 1.76 bits per heavy atom. The molecule has 0 atom stereocenters. The van der Waals surface area contributed by atoms with Gasteiger partial charge >= 0.3 is 0 Å². The Labute approximate surface area is 211 Å². The molecule has 1 saturated heterocycles. The summed E-state index contributed by atoms with van der Waals surface area (Å²) in [5.41, 5.74) is 1.97. The number of aliphatic imine (C=N–C) groups is 1. The molecule has 2 aromatic rings. The fraction of sp³-hybridized carbons (Fsp3) is 0.478. The predicted molar refractivity (Wildman–Crippen MR) is 136 cm³/mol. The minimum absolute atomic E-state index is 0. The standard InChI is InChI=1S/C23H30N6O3.HI/c1-2-24-23(28-14-12-27(13-15-28)17-18-9-16-32-26-18)25-10-5-6-11-29-21(30)19-7-3-4-8-20(19)22(29)31;/h3-4,7-9,16H,2,5-6,10-15,17H2,1H3,(H,24,25);1H. The van der Waals surface area contributed by atoms with Crippen LogP contribution in [0.3, 0.4) is 0 Å². The Morgan fingerprint density at radius 1 is 1.06 bits per heavy atom. The molecule has 0 spiro atoms. The van der Waals surface area contributed by atoms with Crippen LogP contribution < -0.4 is 5.32 Å². The van der Waals surface area contributed by atoms with E-state index in [0.29, 0.717) is 24.2 Å². The van der Waals surface area contributed by atoms with Gasteiger partial charge in [-0.15, -0.1) is 24.0 Å². The number of unbranched alkanes of at least 4 members (excludes halogenated alkanes) is 1. The lowest BCUT2D eigenvalue weighted by molar-refractivity contribution is 0.0652. The summed E-state index contributed by atoms with van der Waals surface area (Å²) in [6.45, 7) is 8.46. The average Bonchev–Trinajstić information content (AvgIpc) is 3.41. The number of amides is 2. The molecular weight excluding hydrogens is 535 g/mol. The third-order valence-corrected chi connectivity index (χ3v) is 5.81. The fourth-order valence-electron chi connectivity index (χ4n) is 4.10. The SMILES string of the molecule is CCNC(=NCCCCN1C(=O)c2ccccc2C1=O)N1CCN(Cc2ccon2)CC1.I. The summed E-state index contributed by atoms with van der Waals surface area (Å²) < 4.78 is 4.92. The van der Waals surface area contributed by atoms with Gasteiger partial charge in [-0.2, -0.15) is 0 Å². The van der Waals surface area contributed by atoms with Crippen LogP contribution in [0.1, 0.15) is 46.2 Å². The Bertz CT molecular complexity index is 922. The number of guanidine groups is 1. The number of imide groups is 1. The minimum Gasteiger partial charge on any atom is -0.364 e. The van der Waals surface area contributed by atoms with E-state index in [0.717, 1.165) is 63.8 Å². The van der Waals surface area contributed by atoms with Gasteiger partial charge < -0.3 is 14.7 Å². The van der Waals surface area contributed by atoms with E-state index in [4.69, 9.17) is 9.52 Å². The third kappa shape index (κ3) is 6.11. The van der Waals surface area contributed by atoms with E-state index in [2.05, 4.69) is 27.2 Å². The van der Waals surface area contributed by atoms with Gasteiger partial charge in [0.15, 0.2) is 5.96 Å². The van der Waals surface area contributed by atoms with Gasteiger partial charge in [-0.1, -0.05) is 17.3 Å². The van der Waals surface area contributed by atoms with Gasteiger partial charge in [0.25, 0.3) is 11.8 Å². The molecular formula is C23H31IN6O3. The maximum Gasteiger partial charge on any atom is 0.261 e. The summed E-state index contributed by atoms with van der Waals surface area (Å²) >= 11 is 0. The van der Waals surface area contributed by atoms with Crippen LogP contribution in [0.2, 0.25) is 0 Å². The number of aromatic nitrogens is 1. The lowest BCUT2D eigenvalue weighted by atomic mass is 10.1. The van der Waals surface area contributed by atoms with Crippen LogP contribution in [-0.2, 0) is 6.54 Å². The van der Waals surface area contributed by atoms with Crippen molar-refractivity contribution in [1.82, 2.24) is 25.2 Å². The maximum atomic E-state index is 12.4. The molecule has 1 aromatic heterocycles. The van der Waals surface area contributed by atoms with Gasteiger partial charge in [-0.05, 0) is 31.9 Å². The zero-order valence-corrected chi connectivity index (χ0v) is 21.2. The lowest BCUT2D eigenvalue weighted by Gasteiger charge is -2.36. The number of piperazine rings is 1. The number of hydrogen-bond acceptors (Lipinski definition) is 6. The third-order valence-electron chi connectivity index (χ3n) is 5.81. The maximum absolute atomic E-state index is 12.4. The minimum atomic E-state index is -0.189. The van der Waals surface area contributed by atoms with Crippen molar-refractivity contribution in [3.8, 4) is 0 Å². The van der Waals surface area contributed by atoms with Crippen LogP contribution in [0.15, 0.2) is 46.1 Å². The van der Waals surface area contributed by atoms with Gasteiger partial charge in [0, 0.05) is 58.4 Å². The first-order chi connectivity index (χ1) is 15.7. The second kappa shape index (κ2) is 12.1. The molecule has 1 fully saturated rings. The van der Waals surface area contributed by atoms with Crippen molar-refractivity contribution in [3.05, 3.63) is 53.4 Å². The van der Waals surface area contributed by atoms with Crippen molar-refractivity contribution in [2.75, 3.05) is 45.8 Å². The van der Waals surface area contributed by atoms with Crippen LogP contribution in [0.25, 0.3) is 0 Å². The summed E-state index contributed by atoms with van der Waals surface area (Å²) in [7, 11) is 0. The van der Waals surface area contributed by atoms with E-state index in [1.165, 1.54) is 4.90 Å². The normalized spacial score (nSPS) is 16.7. The summed E-state index contributed by atoms with van der Waals surface area (Å²) in [6, 6.07) is 8.92. The highest BCUT2D eigenvalue weighted by molar-refractivity contribution is 14.0. The Morgan fingerprint density at radius 3 is 2.36 bits per heavy atom. The van der Waals surface area contributed by atoms with E-state index < -0.39 is 0 Å². The summed E-state index contributed by atoms with van der Waals surface area (Å²) in [6.07, 6.45) is 3.16. The number of nitrogens with zero attached hydrogens (tertiary/aromatic N) is 5. The molecule has 0 unspecified atom stereocenters. The zero-order chi connectivity index (χ0) is 22.3. The van der Waals surface area contributed by atoms with Gasteiger partial charge in [-0.3, -0.25) is 24.4 Å². The first kappa shape index (κ1) is 25.2. The van der Waals surface area contributed by atoms with Crippen molar-refractivity contribution in [1.29, 1.82) is 0 Å². The number of carbonyl (C=O) groups excluding carboxylic acids is 2. The Kier molecular flexibility index (Phi) is 9.24. The number of fused-ring (bicyclic) bond motifs is 1. The molecule has 33 heavy (non-hydrogen) atoms. The summed E-state index contributed by atoms with van der Waals surface area (Å²) in [4.78, 5) is 35.7. The van der Waals surface area contributed by atoms with E-state index >= 15 is 0 Å². The van der Waals surface area contributed by atoms with Crippen LogP contribution in [0, 0.1) is 0 Å². The highest BCUT2D eigenvalue weighted by Crippen LogP contribution is 2.22. The monoisotopic (exact) mass is 566 g/mol. The largest absolute Gasteiger partial charge is 0.364 e. The molecule has 0 radical (unpaired) electrons. The summed E-state index contributed by atoms with van der Waals surface area (Å²) in [5.74, 6) is 0.547. The molecule has 2 aliphatic rings. The average molecular weight is 566 g/mol. The molecule has 9 nitrogen and oxygen atoms in total. The molecule has 0 bridgehead atoms. The Balaban J connectivity index is 0.00000306. The zero-order valence-electron chi connectivity index (χ0n) is 18.9. The quantitative estimate of drug-likeness (QED) is 0.173. The molecule has 0 aliphatic carbocycles. The van der Waals surface area contributed by atoms with Gasteiger partial charge in [0.1, 0.15) is 6.26 Å². The molecule has 10 heteroatoms. The Hall–Kier alpha value is -2.47. The van der Waals surface area contributed by atoms with Crippen molar-refractivity contribution < 1.29 is 14.1 Å². The number of rotatable bonds is 8. The van der Waals surface area contributed by atoms with Crippen molar-refractivity contribution in [2.24, 2.45) is 4.99 Å². The van der Waals surface area contributed by atoms with Crippen molar-refractivity contribution in [2.45, 2.75) is 26.3 Å². The first-order valence-corrected chi connectivity index (χ1v) is 11.3. The predicted octanol–water partition coefficient (Wildman–Crippen LogP) is 2.45. The second-order valence-corrected chi connectivity index (χ2v) is 8.00. The van der Waals surface area contributed by atoms with Crippen molar-refractivity contribution >= 4 is 41.8 Å². The number of benzene rings is 1. The highest BCUT2D eigenvalue weighted by atomic mass is 127. The molecule has 0 saturated carbocycles. The smallest absolute Gasteiger partial charge is 0.261 e. The summed E-state index contributed by atoms with van der Waals surface area (Å²) in [5, 5.41) is 7.37. The highest BCUT2D eigenvalue weighted by Gasteiger charge is 2.34. The topological polar surface area (TPSA) is 94.3 Å². The fourth-order valence-corrected chi connectivity index (χ4v) is 4.10. The molecule has 1 N–H and O–H groups in total. The van der Waals surface area contributed by atoms with Crippen LogP contribution in [0.4, 0.5) is 0 Å². The molecule has 178 valence electrons. The first-order valence-electron chi connectivity index (χ1n) is 11.3. The second-order valence-electron chi connectivity index (χ2n) is 8.00. The van der Waals surface area contributed by atoms with E-state index in [1.54, 1.807) is 30.5 Å². The number of hydrogen-bond donors (Lipinski definition) is 1. The number of halogens is 1. The lowest BCUT2D eigenvalue weighted by Crippen LogP contribution is -2.52. The number of carbonyl (C=O) groups is 2. The van der Waals surface area contributed by atoms with Gasteiger partial charge in [0.05, 0.1) is 16.8 Å². The van der Waals surface area contributed by atoms with Crippen LogP contribution in [0.5, 0.6) is 0 Å². The molecule has 4 rings (SSSR count). The molecule has 2 amide bonds. The number of nitrogens with one attached hydrogen (secondary N) is 1. The van der Waals surface area contributed by atoms with Crippen LogP contribution in [-0.4, -0.2) is 83.4 Å².